The fourth-order valence-electron chi connectivity index (χ4n) is 9.22. The van der Waals surface area contributed by atoms with Crippen molar-refractivity contribution in [2.75, 3.05) is 27.7 Å². The number of amides is 2. The molecule has 0 bridgehead atoms. The molecule has 4 heterocycles. The van der Waals surface area contributed by atoms with Crippen LogP contribution in [-0.4, -0.2) is 132 Å². The summed E-state index contributed by atoms with van der Waals surface area (Å²) in [5, 5.41) is 15.9. The van der Waals surface area contributed by atoms with Gasteiger partial charge in [0, 0.05) is 42.9 Å². The standard InChI is InChI=1S/C44H67N5O10/c1-12-34-44(8)37(49(42(54)59-44)45-22-16-19-31-20-21-32(47-31)30-17-14-13-15-18-30)29(6)46-39(52)25(2)24-43(7,55-11)38(27(4)35(50)28(5)40(53)57-34)58-41-36(51)33(48(9)10)23-26(3)56-41/h13-15,17-18,20-21,25-29,33-34,36-38,41,45,47,51H,12,16,19,22-24H2,1-11H3,(H,46,52)/t25-,26-,27+,28-,29?,33+,34-,36-,37-,38+,41+,43+,44-/m1/s1. The van der Waals surface area contributed by atoms with E-state index in [1.54, 1.807) is 34.6 Å². The summed E-state index contributed by atoms with van der Waals surface area (Å²) in [6, 6.07) is 12.3. The number of ether oxygens (including phenoxy) is 5. The largest absolute Gasteiger partial charge is 0.457 e. The van der Waals surface area contributed by atoms with E-state index in [2.05, 4.69) is 15.7 Å². The lowest BCUT2D eigenvalue weighted by atomic mass is 9.78. The van der Waals surface area contributed by atoms with Crippen molar-refractivity contribution >= 4 is 23.8 Å². The number of rotatable bonds is 11. The Morgan fingerprint density at radius 2 is 1.71 bits per heavy atom. The third kappa shape index (κ3) is 10.0. The van der Waals surface area contributed by atoms with Gasteiger partial charge in [0.25, 0.3) is 0 Å². The minimum atomic E-state index is -1.43. The van der Waals surface area contributed by atoms with Gasteiger partial charge in [0.05, 0.1) is 23.9 Å². The first-order valence-corrected chi connectivity index (χ1v) is 21.1. The molecule has 2 aromatic rings. The van der Waals surface area contributed by atoms with Gasteiger partial charge in [0.1, 0.15) is 24.2 Å². The predicted octanol–water partition coefficient (Wildman–Crippen LogP) is 4.62. The Bertz CT molecular complexity index is 1760. The lowest BCUT2D eigenvalue weighted by Crippen LogP contribution is -2.63. The zero-order valence-electron chi connectivity index (χ0n) is 36.7. The van der Waals surface area contributed by atoms with Crippen molar-refractivity contribution in [1.82, 2.24) is 25.6 Å². The Morgan fingerprint density at radius 3 is 2.36 bits per heavy atom. The van der Waals surface area contributed by atoms with Gasteiger partial charge in [0.2, 0.25) is 5.91 Å². The Morgan fingerprint density at radius 1 is 1.02 bits per heavy atom. The zero-order valence-corrected chi connectivity index (χ0v) is 36.7. The van der Waals surface area contributed by atoms with E-state index < -0.39 is 83.5 Å². The number of H-pyrrole nitrogens is 1. The lowest BCUT2D eigenvalue weighted by molar-refractivity contribution is -0.295. The summed E-state index contributed by atoms with van der Waals surface area (Å²) in [4.78, 5) is 61.7. The third-order valence-electron chi connectivity index (χ3n) is 12.7. The number of aromatic amines is 1. The van der Waals surface area contributed by atoms with Gasteiger partial charge < -0.3 is 44.0 Å². The highest BCUT2D eigenvalue weighted by Gasteiger charge is 2.59. The number of hydrazine groups is 1. The average Bonchev–Trinajstić information content (AvgIpc) is 3.78. The number of benzene rings is 1. The summed E-state index contributed by atoms with van der Waals surface area (Å²) in [5.74, 6) is -4.51. The molecule has 13 atom stereocenters. The molecule has 3 aliphatic heterocycles. The molecular weight excluding hydrogens is 759 g/mol. The highest BCUT2D eigenvalue weighted by Crippen LogP contribution is 2.39. The topological polar surface area (TPSA) is 181 Å². The minimum Gasteiger partial charge on any atom is -0.457 e. The van der Waals surface area contributed by atoms with Crippen LogP contribution >= 0.6 is 0 Å². The number of likely N-dealkylation sites (N-methyl/N-ethyl adjacent to an activating group) is 1. The highest BCUT2D eigenvalue weighted by molar-refractivity contribution is 6.00. The molecule has 2 amide bonds. The van der Waals surface area contributed by atoms with E-state index in [0.717, 1.165) is 17.0 Å². The van der Waals surface area contributed by atoms with E-state index >= 15 is 0 Å². The Kier molecular flexibility index (Phi) is 15.1. The number of carbonyl (C=O) groups excluding carboxylic acids is 4. The van der Waals surface area contributed by atoms with Crippen molar-refractivity contribution in [2.24, 2.45) is 17.8 Å². The zero-order chi connectivity index (χ0) is 43.4. The Labute approximate surface area is 349 Å². The molecule has 0 aliphatic carbocycles. The number of aliphatic hydroxyl groups is 1. The van der Waals surface area contributed by atoms with Crippen LogP contribution in [-0.2, 0) is 44.5 Å². The summed E-state index contributed by atoms with van der Waals surface area (Å²) in [6.45, 7) is 14.2. The van der Waals surface area contributed by atoms with Crippen molar-refractivity contribution in [3.05, 3.63) is 48.2 Å². The number of cyclic esters (lactones) is 1. The number of aryl methyl sites for hydroxylation is 1. The third-order valence-corrected chi connectivity index (χ3v) is 12.7. The van der Waals surface area contributed by atoms with Gasteiger partial charge in [-0.1, -0.05) is 51.1 Å². The van der Waals surface area contributed by atoms with E-state index in [1.807, 2.05) is 75.3 Å². The minimum absolute atomic E-state index is 0.0975. The van der Waals surface area contributed by atoms with Crippen molar-refractivity contribution in [3.8, 4) is 11.3 Å². The molecule has 3 saturated heterocycles. The molecule has 1 unspecified atom stereocenters. The van der Waals surface area contributed by atoms with Crippen molar-refractivity contribution in [3.63, 3.8) is 0 Å². The fourth-order valence-corrected chi connectivity index (χ4v) is 9.22. The average molecular weight is 826 g/mol. The van der Waals surface area contributed by atoms with Crippen LogP contribution in [0.25, 0.3) is 11.3 Å². The van der Waals surface area contributed by atoms with Gasteiger partial charge >= 0.3 is 12.1 Å². The molecule has 328 valence electrons. The van der Waals surface area contributed by atoms with Gasteiger partial charge in [0.15, 0.2) is 17.7 Å². The van der Waals surface area contributed by atoms with Crippen LogP contribution in [0, 0.1) is 17.8 Å². The van der Waals surface area contributed by atoms with Gasteiger partial charge in [-0.25, -0.2) is 15.2 Å². The molecule has 0 spiro atoms. The number of fused-ring (bicyclic) bond motifs is 1. The molecule has 15 heteroatoms. The molecule has 3 fully saturated rings. The summed E-state index contributed by atoms with van der Waals surface area (Å²) >= 11 is 0. The van der Waals surface area contributed by atoms with E-state index in [4.69, 9.17) is 23.7 Å². The first-order chi connectivity index (χ1) is 27.8. The van der Waals surface area contributed by atoms with Crippen molar-refractivity contribution in [1.29, 1.82) is 0 Å². The van der Waals surface area contributed by atoms with Crippen LogP contribution in [0.4, 0.5) is 4.79 Å². The predicted molar refractivity (Wildman–Crippen MR) is 221 cm³/mol. The smallest absolute Gasteiger partial charge is 0.425 e. The maximum atomic E-state index is 14.4. The summed E-state index contributed by atoms with van der Waals surface area (Å²) < 4.78 is 31.1. The van der Waals surface area contributed by atoms with E-state index in [-0.39, 0.29) is 30.9 Å². The molecule has 1 aromatic heterocycles. The number of methoxy groups -OCH3 is 1. The maximum absolute atomic E-state index is 14.4. The SMILES string of the molecule is CC[C@H]1OC(=O)[C@H](C)C(=O)[C@H](C)[C@H](O[C@@H]2O[C@H](C)C[C@H](N(C)C)[C@H]2O)[C@@](C)(OC)C[C@@H](C)C(=O)NC(C)[C@H]2N(NCCCc3ccc(-c4ccccc4)[nH]3)C(=O)O[C@]12C. The monoisotopic (exact) mass is 825 g/mol. The Balaban J connectivity index is 1.41. The van der Waals surface area contributed by atoms with E-state index in [1.165, 1.54) is 19.0 Å². The first kappa shape index (κ1) is 46.2. The lowest BCUT2D eigenvalue weighted by Gasteiger charge is -2.46. The van der Waals surface area contributed by atoms with Crippen LogP contribution in [0.15, 0.2) is 42.5 Å². The molecule has 4 N–H and O–H groups in total. The van der Waals surface area contributed by atoms with Crippen LogP contribution in [0.3, 0.4) is 0 Å². The number of carbonyl (C=O) groups is 4. The molecule has 1 aromatic carbocycles. The van der Waals surface area contributed by atoms with Crippen molar-refractivity contribution in [2.45, 2.75) is 148 Å². The number of nitrogens with one attached hydrogen (secondary N) is 3. The number of Topliss-reactive ketones (excluding diaryl/α,β-unsaturated/α-hetero) is 1. The molecule has 59 heavy (non-hydrogen) atoms. The number of ketones is 1. The number of hydrogen-bond donors (Lipinski definition) is 4. The molecular formula is C44H67N5O10. The molecule has 0 radical (unpaired) electrons. The van der Waals surface area contributed by atoms with Crippen LogP contribution < -0.4 is 10.7 Å². The normalized spacial score (nSPS) is 36.4. The quantitative estimate of drug-likeness (QED) is 0.141. The van der Waals surface area contributed by atoms with Gasteiger partial charge in [-0.3, -0.25) is 14.4 Å². The molecule has 0 saturated carbocycles. The van der Waals surface area contributed by atoms with Gasteiger partial charge in [-0.15, -0.1) is 0 Å². The second-order valence-corrected chi connectivity index (χ2v) is 17.4. The van der Waals surface area contributed by atoms with Gasteiger partial charge in [-0.2, -0.15) is 0 Å². The molecule has 3 aliphatic rings. The second-order valence-electron chi connectivity index (χ2n) is 17.4. The van der Waals surface area contributed by atoms with E-state index in [0.29, 0.717) is 25.8 Å². The summed E-state index contributed by atoms with van der Waals surface area (Å²) in [7, 11) is 5.22. The highest BCUT2D eigenvalue weighted by atomic mass is 16.7. The van der Waals surface area contributed by atoms with Crippen LogP contribution in [0.5, 0.6) is 0 Å². The number of aliphatic hydroxyl groups excluding tert-OH is 1. The fraction of sp³-hybridized carbons (Fsp3) is 0.682. The van der Waals surface area contributed by atoms with Gasteiger partial charge in [-0.05, 0) is 98.5 Å². The second kappa shape index (κ2) is 19.2. The number of esters is 1. The Hall–Kier alpha value is -3.86. The van der Waals surface area contributed by atoms with Crippen LogP contribution in [0.1, 0.15) is 86.8 Å². The van der Waals surface area contributed by atoms with Crippen molar-refractivity contribution < 1.29 is 48.0 Å². The number of hydrogen-bond acceptors (Lipinski definition) is 12. The van der Waals surface area contributed by atoms with E-state index in [9.17, 15) is 24.3 Å². The first-order valence-electron chi connectivity index (χ1n) is 21.1. The number of nitrogens with zero attached hydrogens (tertiary/aromatic N) is 2. The summed E-state index contributed by atoms with van der Waals surface area (Å²) in [6.07, 6.45) is -2.87. The molecule has 15 nitrogen and oxygen atoms in total. The maximum Gasteiger partial charge on any atom is 0.425 e. The van der Waals surface area contributed by atoms with Crippen LogP contribution in [0.2, 0.25) is 0 Å². The molecule has 5 rings (SSSR count). The summed E-state index contributed by atoms with van der Waals surface area (Å²) in [5.41, 5.74) is 3.70. The number of aromatic nitrogens is 1.